The third-order valence-corrected chi connectivity index (χ3v) is 1.97. The van der Waals surface area contributed by atoms with Crippen LogP contribution in [0.4, 0.5) is 0 Å². The van der Waals surface area contributed by atoms with Gasteiger partial charge in [-0.3, -0.25) is 4.79 Å². The molecule has 1 saturated heterocycles. The Morgan fingerprint density at radius 2 is 2.20 bits per heavy atom. The van der Waals surface area contributed by atoms with E-state index in [0.717, 1.165) is 13.0 Å². The van der Waals surface area contributed by atoms with Gasteiger partial charge in [-0.1, -0.05) is 0 Å². The molecule has 88 valence electrons. The van der Waals surface area contributed by atoms with E-state index in [1.807, 2.05) is 20.8 Å². The molecule has 0 aromatic rings. The van der Waals surface area contributed by atoms with E-state index in [1.54, 1.807) is 0 Å². The molecule has 15 heavy (non-hydrogen) atoms. The Hall–Kier alpha value is -0.610. The monoisotopic (exact) mass is 216 g/mol. The highest BCUT2D eigenvalue weighted by Crippen LogP contribution is 2.10. The van der Waals surface area contributed by atoms with E-state index < -0.39 is 5.60 Å². The normalized spacial score (nSPS) is 21.7. The van der Waals surface area contributed by atoms with Crippen LogP contribution in [0.1, 0.15) is 33.6 Å². The summed E-state index contributed by atoms with van der Waals surface area (Å²) < 4.78 is 15.8. The highest BCUT2D eigenvalue weighted by molar-refractivity contribution is 5.69. The van der Waals surface area contributed by atoms with Crippen LogP contribution in [0.5, 0.6) is 0 Å². The van der Waals surface area contributed by atoms with Gasteiger partial charge in [-0.25, -0.2) is 0 Å². The molecule has 0 aliphatic carbocycles. The van der Waals surface area contributed by atoms with Gasteiger partial charge in [0.15, 0.2) is 0 Å². The molecule has 0 amide bonds. The lowest BCUT2D eigenvalue weighted by atomic mass is 10.2. The summed E-state index contributed by atoms with van der Waals surface area (Å²) >= 11 is 0. The lowest BCUT2D eigenvalue weighted by Gasteiger charge is -2.19. The molecule has 1 atom stereocenters. The van der Waals surface area contributed by atoms with Crippen molar-refractivity contribution in [1.82, 2.24) is 0 Å². The largest absolute Gasteiger partial charge is 0.460 e. The van der Waals surface area contributed by atoms with Crippen LogP contribution in [0.25, 0.3) is 0 Å². The molecule has 1 heterocycles. The first-order valence-electron chi connectivity index (χ1n) is 5.38. The number of carbonyl (C=O) groups excluding carboxylic acids is 1. The highest BCUT2D eigenvalue weighted by Gasteiger charge is 2.18. The van der Waals surface area contributed by atoms with Gasteiger partial charge in [0.05, 0.1) is 25.7 Å². The first-order valence-corrected chi connectivity index (χ1v) is 5.38. The Labute approximate surface area is 90.9 Å². The molecule has 0 aromatic heterocycles. The molecule has 4 heteroatoms. The molecule has 1 fully saturated rings. The van der Waals surface area contributed by atoms with Crippen LogP contribution in [0.2, 0.25) is 0 Å². The van der Waals surface area contributed by atoms with E-state index in [9.17, 15) is 4.79 Å². The van der Waals surface area contributed by atoms with Gasteiger partial charge in [0.2, 0.25) is 0 Å². The van der Waals surface area contributed by atoms with Crippen molar-refractivity contribution in [2.75, 3.05) is 19.8 Å². The Bertz CT molecular complexity index is 201. The molecule has 1 aliphatic heterocycles. The van der Waals surface area contributed by atoms with Crippen LogP contribution in [-0.2, 0) is 19.0 Å². The second-order valence-electron chi connectivity index (χ2n) is 4.69. The summed E-state index contributed by atoms with van der Waals surface area (Å²) in [7, 11) is 0. The Balaban J connectivity index is 2.06. The average molecular weight is 216 g/mol. The van der Waals surface area contributed by atoms with Gasteiger partial charge in [0.1, 0.15) is 5.60 Å². The summed E-state index contributed by atoms with van der Waals surface area (Å²) in [6.45, 7) is 7.40. The Morgan fingerprint density at radius 1 is 1.47 bits per heavy atom. The van der Waals surface area contributed by atoms with E-state index >= 15 is 0 Å². The molecule has 0 N–H and O–H groups in total. The highest BCUT2D eigenvalue weighted by atomic mass is 16.6. The minimum Gasteiger partial charge on any atom is -0.460 e. The van der Waals surface area contributed by atoms with Crippen LogP contribution in [0.3, 0.4) is 0 Å². The summed E-state index contributed by atoms with van der Waals surface area (Å²) in [6.07, 6.45) is 1.40. The van der Waals surface area contributed by atoms with Crippen molar-refractivity contribution in [3.63, 3.8) is 0 Å². The second kappa shape index (κ2) is 5.47. The lowest BCUT2D eigenvalue weighted by molar-refractivity contribution is -0.156. The molecule has 0 bridgehead atoms. The maximum atomic E-state index is 11.3. The van der Waals surface area contributed by atoms with Crippen LogP contribution in [0.15, 0.2) is 0 Å². The summed E-state index contributed by atoms with van der Waals surface area (Å²) in [5.41, 5.74) is -0.409. The molecular formula is C11H20O4. The predicted molar refractivity (Wildman–Crippen MR) is 55.6 cm³/mol. The molecule has 0 saturated carbocycles. The fraction of sp³-hybridized carbons (Fsp3) is 0.909. The number of hydrogen-bond acceptors (Lipinski definition) is 4. The third kappa shape index (κ3) is 5.74. The van der Waals surface area contributed by atoms with Crippen LogP contribution >= 0.6 is 0 Å². The van der Waals surface area contributed by atoms with Crippen molar-refractivity contribution < 1.29 is 19.0 Å². The first-order chi connectivity index (χ1) is 6.97. The van der Waals surface area contributed by atoms with Gasteiger partial charge in [0.25, 0.3) is 0 Å². The second-order valence-corrected chi connectivity index (χ2v) is 4.69. The van der Waals surface area contributed by atoms with Gasteiger partial charge in [-0.2, -0.15) is 0 Å². The molecule has 1 aliphatic rings. The van der Waals surface area contributed by atoms with Crippen molar-refractivity contribution >= 4 is 5.97 Å². The zero-order chi connectivity index (χ0) is 11.3. The van der Waals surface area contributed by atoms with Crippen molar-refractivity contribution in [2.24, 2.45) is 0 Å². The third-order valence-electron chi connectivity index (χ3n) is 1.97. The standard InChI is InChI=1S/C11H20O4/c1-11(2,3)15-10(12)5-7-14-9-4-6-13-8-9/h9H,4-8H2,1-3H3. The van der Waals surface area contributed by atoms with Crippen molar-refractivity contribution in [2.45, 2.75) is 45.3 Å². The summed E-state index contributed by atoms with van der Waals surface area (Å²) in [6, 6.07) is 0. The first kappa shape index (κ1) is 12.5. The van der Waals surface area contributed by atoms with Gasteiger partial charge >= 0.3 is 5.97 Å². The minimum atomic E-state index is -0.409. The number of hydrogen-bond donors (Lipinski definition) is 0. The maximum absolute atomic E-state index is 11.3. The van der Waals surface area contributed by atoms with E-state index in [0.29, 0.717) is 19.6 Å². The summed E-state index contributed by atoms with van der Waals surface area (Å²) in [5.74, 6) is -0.207. The number of ether oxygens (including phenoxy) is 3. The quantitative estimate of drug-likeness (QED) is 0.668. The number of esters is 1. The molecule has 0 aromatic carbocycles. The fourth-order valence-corrected chi connectivity index (χ4v) is 1.35. The zero-order valence-corrected chi connectivity index (χ0v) is 9.75. The van der Waals surface area contributed by atoms with Gasteiger partial charge < -0.3 is 14.2 Å². The van der Waals surface area contributed by atoms with Gasteiger partial charge in [-0.05, 0) is 27.2 Å². The van der Waals surface area contributed by atoms with Crippen LogP contribution < -0.4 is 0 Å². The Kier molecular flexibility index (Phi) is 4.54. The van der Waals surface area contributed by atoms with Crippen molar-refractivity contribution in [3.8, 4) is 0 Å². The lowest BCUT2D eigenvalue weighted by Crippen LogP contribution is -2.25. The van der Waals surface area contributed by atoms with Crippen LogP contribution in [-0.4, -0.2) is 37.5 Å². The molecule has 1 unspecified atom stereocenters. The fourth-order valence-electron chi connectivity index (χ4n) is 1.35. The van der Waals surface area contributed by atoms with E-state index in [2.05, 4.69) is 0 Å². The maximum Gasteiger partial charge on any atom is 0.308 e. The molecular weight excluding hydrogens is 196 g/mol. The van der Waals surface area contributed by atoms with Crippen LogP contribution in [0, 0.1) is 0 Å². The Morgan fingerprint density at radius 3 is 2.73 bits per heavy atom. The van der Waals surface area contributed by atoms with E-state index in [-0.39, 0.29) is 12.1 Å². The zero-order valence-electron chi connectivity index (χ0n) is 9.75. The molecule has 0 spiro atoms. The molecule has 4 nitrogen and oxygen atoms in total. The predicted octanol–water partition coefficient (Wildman–Crippen LogP) is 1.52. The topological polar surface area (TPSA) is 44.8 Å². The van der Waals surface area contributed by atoms with Gasteiger partial charge in [0, 0.05) is 6.61 Å². The molecule has 1 rings (SSSR count). The van der Waals surface area contributed by atoms with Gasteiger partial charge in [-0.15, -0.1) is 0 Å². The SMILES string of the molecule is CC(C)(C)OC(=O)CCOC1CCOC1. The average Bonchev–Trinajstić information content (AvgIpc) is 2.53. The molecule has 0 radical (unpaired) electrons. The number of carbonyl (C=O) groups is 1. The smallest absolute Gasteiger partial charge is 0.308 e. The minimum absolute atomic E-state index is 0.160. The van der Waals surface area contributed by atoms with E-state index in [4.69, 9.17) is 14.2 Å². The summed E-state index contributed by atoms with van der Waals surface area (Å²) in [4.78, 5) is 11.3. The number of rotatable bonds is 4. The van der Waals surface area contributed by atoms with E-state index in [1.165, 1.54) is 0 Å². The van der Waals surface area contributed by atoms with Crippen molar-refractivity contribution in [3.05, 3.63) is 0 Å². The van der Waals surface area contributed by atoms with Crippen molar-refractivity contribution in [1.29, 1.82) is 0 Å². The summed E-state index contributed by atoms with van der Waals surface area (Å²) in [5, 5.41) is 0.